The van der Waals surface area contributed by atoms with Gasteiger partial charge in [0.2, 0.25) is 5.91 Å². The first kappa shape index (κ1) is 24.1. The summed E-state index contributed by atoms with van der Waals surface area (Å²) >= 11 is 0. The average molecular weight is 500 g/mol. The molecule has 2 aliphatic rings. The van der Waals surface area contributed by atoms with Crippen molar-refractivity contribution in [3.8, 4) is 11.3 Å². The maximum absolute atomic E-state index is 12.9. The van der Waals surface area contributed by atoms with E-state index in [1.165, 1.54) is 35.8 Å². The Bertz CT molecular complexity index is 1420. The number of aromatic amines is 1. The number of aromatic nitrogens is 5. The molecular formula is C29H37N7O. The molecule has 6 rings (SSSR count). The van der Waals surface area contributed by atoms with Crippen LogP contribution in [-0.4, -0.2) is 73.5 Å². The third-order valence-corrected chi connectivity index (χ3v) is 8.33. The van der Waals surface area contributed by atoms with Gasteiger partial charge in [-0.15, -0.1) is 5.10 Å². The topological polar surface area (TPSA) is 82.4 Å². The lowest BCUT2D eigenvalue weighted by molar-refractivity contribution is -0.133. The van der Waals surface area contributed by atoms with Crippen LogP contribution in [0.5, 0.6) is 0 Å². The Balaban J connectivity index is 1.23. The van der Waals surface area contributed by atoms with E-state index in [1.807, 2.05) is 6.20 Å². The first-order valence-electron chi connectivity index (χ1n) is 13.8. The second-order valence-corrected chi connectivity index (χ2v) is 11.2. The summed E-state index contributed by atoms with van der Waals surface area (Å²) in [7, 11) is 0. The molecule has 0 atom stereocenters. The first-order chi connectivity index (χ1) is 18.0. The highest BCUT2D eigenvalue weighted by molar-refractivity contribution is 5.92. The van der Waals surface area contributed by atoms with Gasteiger partial charge in [-0.25, -0.2) is 0 Å². The Kier molecular flexibility index (Phi) is 6.44. The lowest BCUT2D eigenvalue weighted by Gasteiger charge is -2.34. The van der Waals surface area contributed by atoms with E-state index < -0.39 is 0 Å². The van der Waals surface area contributed by atoms with E-state index in [9.17, 15) is 4.79 Å². The minimum absolute atomic E-state index is 0.308. The van der Waals surface area contributed by atoms with Gasteiger partial charge in [-0.2, -0.15) is 4.52 Å². The molecule has 0 radical (unpaired) electrons. The van der Waals surface area contributed by atoms with Crippen molar-refractivity contribution >= 4 is 22.5 Å². The number of nitrogens with one attached hydrogen (secondary N) is 1. The van der Waals surface area contributed by atoms with Gasteiger partial charge in [0.15, 0.2) is 5.65 Å². The summed E-state index contributed by atoms with van der Waals surface area (Å²) < 4.78 is 1.76. The number of H-pyrrole nitrogens is 1. The lowest BCUT2D eigenvalue weighted by Crippen LogP contribution is -2.45. The average Bonchev–Trinajstić information content (AvgIpc) is 3.54. The van der Waals surface area contributed by atoms with Crippen LogP contribution >= 0.6 is 0 Å². The zero-order chi connectivity index (χ0) is 25.5. The van der Waals surface area contributed by atoms with E-state index in [0.717, 1.165) is 67.0 Å². The maximum atomic E-state index is 12.9. The molecule has 0 unspecified atom stereocenters. The number of hydrogen-bond donors (Lipinski definition) is 1. The number of nitrogens with zero attached hydrogens (tertiary/aromatic N) is 6. The smallest absolute Gasteiger partial charge is 0.236 e. The number of hydrogen-bond acceptors (Lipinski definition) is 5. The van der Waals surface area contributed by atoms with Gasteiger partial charge >= 0.3 is 0 Å². The summed E-state index contributed by atoms with van der Waals surface area (Å²) in [5.41, 5.74) is 7.95. The molecule has 8 nitrogen and oxygen atoms in total. The Hall–Kier alpha value is -3.26. The van der Waals surface area contributed by atoms with Crippen molar-refractivity contribution in [1.29, 1.82) is 0 Å². The van der Waals surface area contributed by atoms with Crippen LogP contribution in [0.3, 0.4) is 0 Å². The van der Waals surface area contributed by atoms with Gasteiger partial charge in [0.05, 0.1) is 12.2 Å². The predicted octanol–water partition coefficient (Wildman–Crippen LogP) is 4.90. The highest BCUT2D eigenvalue weighted by Crippen LogP contribution is 2.38. The monoisotopic (exact) mass is 499 g/mol. The van der Waals surface area contributed by atoms with E-state index in [1.54, 1.807) is 4.52 Å². The van der Waals surface area contributed by atoms with Gasteiger partial charge < -0.3 is 9.88 Å². The molecule has 0 spiro atoms. The zero-order valence-electron chi connectivity index (χ0n) is 22.2. The fourth-order valence-electron chi connectivity index (χ4n) is 6.33. The summed E-state index contributed by atoms with van der Waals surface area (Å²) in [6.07, 6.45) is 7.82. The summed E-state index contributed by atoms with van der Waals surface area (Å²) in [5.74, 6) is 1.16. The molecule has 8 heteroatoms. The van der Waals surface area contributed by atoms with Crippen LogP contribution in [0, 0.1) is 6.92 Å². The van der Waals surface area contributed by atoms with E-state index in [0.29, 0.717) is 24.3 Å². The number of likely N-dealkylation sites (tertiary alicyclic amines) is 2. The highest BCUT2D eigenvalue weighted by Gasteiger charge is 2.26. The third kappa shape index (κ3) is 4.63. The second kappa shape index (κ2) is 9.89. The maximum Gasteiger partial charge on any atom is 0.236 e. The molecular weight excluding hydrogens is 462 g/mol. The largest absolute Gasteiger partial charge is 0.354 e. The number of amides is 1. The Morgan fingerprint density at radius 2 is 1.86 bits per heavy atom. The fourth-order valence-corrected chi connectivity index (χ4v) is 6.33. The van der Waals surface area contributed by atoms with Crippen LogP contribution in [0.2, 0.25) is 0 Å². The molecule has 2 saturated heterocycles. The summed E-state index contributed by atoms with van der Waals surface area (Å²) in [6, 6.07) is 9.07. The molecule has 5 heterocycles. The summed E-state index contributed by atoms with van der Waals surface area (Å²) in [5, 5.41) is 13.4. The normalized spacial score (nSPS) is 17.9. The number of fused-ring (bicyclic) bond motifs is 2. The molecule has 194 valence electrons. The quantitative estimate of drug-likeness (QED) is 0.423. The van der Waals surface area contributed by atoms with Gasteiger partial charge in [0, 0.05) is 35.8 Å². The van der Waals surface area contributed by atoms with Crippen LogP contribution in [0.1, 0.15) is 74.5 Å². The molecule has 1 aromatic carbocycles. The molecule has 1 N–H and O–H groups in total. The Morgan fingerprint density at radius 1 is 1.08 bits per heavy atom. The Labute approximate surface area is 218 Å². The van der Waals surface area contributed by atoms with E-state index in [4.69, 9.17) is 0 Å². The summed E-state index contributed by atoms with van der Waals surface area (Å²) in [6.45, 7) is 11.0. The molecule has 2 aliphatic heterocycles. The SMILES string of the molecule is Cc1cc(-c2[nH]c3ccc(C4CCN(C(=O)CN5CCCCC5)CC4)cc3c2C(C)C)cn2nnnc12. The van der Waals surface area contributed by atoms with Crippen molar-refractivity contribution in [2.45, 2.75) is 64.7 Å². The van der Waals surface area contributed by atoms with E-state index >= 15 is 0 Å². The number of tetrazole rings is 1. The van der Waals surface area contributed by atoms with Crippen molar-refractivity contribution in [1.82, 2.24) is 34.8 Å². The minimum Gasteiger partial charge on any atom is -0.354 e. The molecule has 0 saturated carbocycles. The van der Waals surface area contributed by atoms with Crippen molar-refractivity contribution in [3.63, 3.8) is 0 Å². The first-order valence-corrected chi connectivity index (χ1v) is 13.8. The summed E-state index contributed by atoms with van der Waals surface area (Å²) in [4.78, 5) is 21.0. The van der Waals surface area contributed by atoms with E-state index in [2.05, 4.69) is 75.3 Å². The predicted molar refractivity (Wildman–Crippen MR) is 146 cm³/mol. The van der Waals surface area contributed by atoms with Gasteiger partial charge in [-0.05, 0) is 103 Å². The van der Waals surface area contributed by atoms with Crippen molar-refractivity contribution in [2.24, 2.45) is 0 Å². The van der Waals surface area contributed by atoms with Crippen molar-refractivity contribution in [2.75, 3.05) is 32.7 Å². The Morgan fingerprint density at radius 3 is 2.62 bits per heavy atom. The molecule has 37 heavy (non-hydrogen) atoms. The standard InChI is InChI=1S/C29H37N7O/c1-19(2)27-24-16-22(21-9-13-35(14-10-21)26(37)18-34-11-5-4-6-12-34)7-8-25(24)30-28(27)23-15-20(3)29-31-32-33-36(29)17-23/h7-8,15-17,19,21,30H,4-6,9-14,18H2,1-3H3. The number of pyridine rings is 1. The molecule has 4 aromatic rings. The van der Waals surface area contributed by atoms with Gasteiger partial charge in [-0.1, -0.05) is 26.3 Å². The van der Waals surface area contributed by atoms with E-state index in [-0.39, 0.29) is 0 Å². The minimum atomic E-state index is 0.308. The second-order valence-electron chi connectivity index (χ2n) is 11.2. The van der Waals surface area contributed by atoms with Gasteiger partial charge in [0.25, 0.3) is 0 Å². The number of benzene rings is 1. The lowest BCUT2D eigenvalue weighted by atomic mass is 9.87. The number of rotatable bonds is 5. The fraction of sp³-hybridized carbons (Fsp3) is 0.517. The molecule has 0 bridgehead atoms. The molecule has 1 amide bonds. The van der Waals surface area contributed by atoms with Crippen molar-refractivity contribution < 1.29 is 4.79 Å². The molecule has 2 fully saturated rings. The number of carbonyl (C=O) groups excluding carboxylic acids is 1. The van der Waals surface area contributed by atoms with Crippen LogP contribution in [0.25, 0.3) is 27.8 Å². The van der Waals surface area contributed by atoms with Crippen LogP contribution in [0.4, 0.5) is 0 Å². The number of piperidine rings is 2. The third-order valence-electron chi connectivity index (χ3n) is 8.33. The zero-order valence-corrected chi connectivity index (χ0v) is 22.2. The van der Waals surface area contributed by atoms with Gasteiger partial charge in [0.1, 0.15) is 0 Å². The van der Waals surface area contributed by atoms with Crippen LogP contribution < -0.4 is 0 Å². The molecule has 3 aromatic heterocycles. The van der Waals surface area contributed by atoms with Crippen LogP contribution in [0.15, 0.2) is 30.5 Å². The highest BCUT2D eigenvalue weighted by atomic mass is 16.2. The number of aryl methyl sites for hydroxylation is 1. The number of carbonyl (C=O) groups is 1. The van der Waals surface area contributed by atoms with Crippen molar-refractivity contribution in [3.05, 3.63) is 47.2 Å². The van der Waals surface area contributed by atoms with Gasteiger partial charge in [-0.3, -0.25) is 9.69 Å². The molecule has 0 aliphatic carbocycles. The van der Waals surface area contributed by atoms with Crippen LogP contribution in [-0.2, 0) is 4.79 Å².